The third-order valence-electron chi connectivity index (χ3n) is 3.04. The molecular formula is C13H16ClFO2. The smallest absolute Gasteiger partial charge is 0.168 e. The number of halogens is 2. The highest BCUT2D eigenvalue weighted by atomic mass is 35.5. The molecule has 0 aliphatic heterocycles. The second-order valence-electron chi connectivity index (χ2n) is 4.09. The quantitative estimate of drug-likeness (QED) is 0.881. The van der Waals surface area contributed by atoms with Gasteiger partial charge in [-0.2, -0.15) is 0 Å². The standard InChI is InChI=1S/C13H16ClFO2/c1-3-13(17,4-2)12(16)8-9-5-6-10(14)11(15)7-9/h5-7,17H,3-4,8H2,1-2H3. The molecule has 0 bridgehead atoms. The van der Waals surface area contributed by atoms with Crippen LogP contribution in [0.5, 0.6) is 0 Å². The van der Waals surface area contributed by atoms with Crippen molar-refractivity contribution in [1.82, 2.24) is 0 Å². The molecule has 1 aromatic rings. The van der Waals surface area contributed by atoms with Gasteiger partial charge in [0.15, 0.2) is 5.78 Å². The highest BCUT2D eigenvalue weighted by molar-refractivity contribution is 6.30. The predicted molar refractivity (Wildman–Crippen MR) is 65.7 cm³/mol. The van der Waals surface area contributed by atoms with Crippen molar-refractivity contribution in [3.8, 4) is 0 Å². The highest BCUT2D eigenvalue weighted by Crippen LogP contribution is 2.21. The lowest BCUT2D eigenvalue weighted by Gasteiger charge is -2.23. The van der Waals surface area contributed by atoms with E-state index in [2.05, 4.69) is 0 Å². The van der Waals surface area contributed by atoms with Crippen LogP contribution in [-0.4, -0.2) is 16.5 Å². The van der Waals surface area contributed by atoms with E-state index in [9.17, 15) is 14.3 Å². The van der Waals surface area contributed by atoms with E-state index in [1.54, 1.807) is 19.9 Å². The number of hydrogen-bond acceptors (Lipinski definition) is 2. The Morgan fingerprint density at radius 3 is 2.47 bits per heavy atom. The Kier molecular flexibility index (Phi) is 4.66. The molecule has 4 heteroatoms. The Hall–Kier alpha value is -0.930. The van der Waals surface area contributed by atoms with Crippen LogP contribution in [0.2, 0.25) is 5.02 Å². The number of benzene rings is 1. The van der Waals surface area contributed by atoms with Crippen molar-refractivity contribution in [1.29, 1.82) is 0 Å². The topological polar surface area (TPSA) is 37.3 Å². The van der Waals surface area contributed by atoms with Crippen molar-refractivity contribution in [2.45, 2.75) is 38.7 Å². The molecule has 0 fully saturated rings. The second-order valence-corrected chi connectivity index (χ2v) is 4.49. The number of carbonyl (C=O) groups is 1. The molecule has 0 amide bonds. The minimum absolute atomic E-state index is 0.0201. The van der Waals surface area contributed by atoms with Gasteiger partial charge in [0.2, 0.25) is 0 Å². The van der Waals surface area contributed by atoms with E-state index in [0.29, 0.717) is 18.4 Å². The fourth-order valence-electron chi connectivity index (χ4n) is 1.64. The number of aliphatic hydroxyl groups is 1. The van der Waals surface area contributed by atoms with Crippen molar-refractivity contribution in [3.63, 3.8) is 0 Å². The summed E-state index contributed by atoms with van der Waals surface area (Å²) in [6.07, 6.45) is 0.739. The van der Waals surface area contributed by atoms with Gasteiger partial charge in [-0.3, -0.25) is 4.79 Å². The van der Waals surface area contributed by atoms with Crippen molar-refractivity contribution in [3.05, 3.63) is 34.6 Å². The number of rotatable bonds is 5. The fraction of sp³-hybridized carbons (Fsp3) is 0.462. The maximum absolute atomic E-state index is 13.2. The maximum atomic E-state index is 13.2. The van der Waals surface area contributed by atoms with E-state index in [0.717, 1.165) is 0 Å². The van der Waals surface area contributed by atoms with Gasteiger partial charge in [-0.15, -0.1) is 0 Å². The molecule has 94 valence electrons. The average molecular weight is 259 g/mol. The lowest BCUT2D eigenvalue weighted by atomic mass is 9.88. The number of Topliss-reactive ketones (excluding diaryl/α,β-unsaturated/α-hetero) is 1. The molecule has 0 saturated heterocycles. The van der Waals surface area contributed by atoms with Crippen LogP contribution in [0, 0.1) is 5.82 Å². The van der Waals surface area contributed by atoms with Crippen LogP contribution in [0.25, 0.3) is 0 Å². The lowest BCUT2D eigenvalue weighted by Crippen LogP contribution is -2.38. The number of ketones is 1. The Labute approximate surface area is 105 Å². The summed E-state index contributed by atoms with van der Waals surface area (Å²) in [6.45, 7) is 3.51. The molecule has 0 saturated carbocycles. The summed E-state index contributed by atoms with van der Waals surface area (Å²) in [5.74, 6) is -0.835. The molecule has 0 unspecified atom stereocenters. The summed E-state index contributed by atoms with van der Waals surface area (Å²) in [7, 11) is 0. The average Bonchev–Trinajstić information content (AvgIpc) is 2.32. The molecule has 17 heavy (non-hydrogen) atoms. The van der Waals surface area contributed by atoms with E-state index < -0.39 is 11.4 Å². The van der Waals surface area contributed by atoms with Crippen molar-refractivity contribution in [2.24, 2.45) is 0 Å². The summed E-state index contributed by atoms with van der Waals surface area (Å²) in [5, 5.41) is 10.0. The predicted octanol–water partition coefficient (Wildman–Crippen LogP) is 3.14. The van der Waals surface area contributed by atoms with E-state index in [1.165, 1.54) is 12.1 Å². The molecule has 0 spiro atoms. The Morgan fingerprint density at radius 2 is 2.00 bits per heavy atom. The van der Waals surface area contributed by atoms with Crippen molar-refractivity contribution >= 4 is 17.4 Å². The van der Waals surface area contributed by atoms with Crippen LogP contribution in [0.3, 0.4) is 0 Å². The van der Waals surface area contributed by atoms with Gasteiger partial charge in [-0.1, -0.05) is 31.5 Å². The van der Waals surface area contributed by atoms with Gasteiger partial charge in [0, 0.05) is 6.42 Å². The van der Waals surface area contributed by atoms with Crippen molar-refractivity contribution < 1.29 is 14.3 Å². The minimum atomic E-state index is -1.31. The molecule has 1 aromatic carbocycles. The van der Waals surface area contributed by atoms with Crippen LogP contribution < -0.4 is 0 Å². The van der Waals surface area contributed by atoms with Gasteiger partial charge in [0.1, 0.15) is 11.4 Å². The van der Waals surface area contributed by atoms with Crippen LogP contribution in [0.1, 0.15) is 32.3 Å². The summed E-state index contributed by atoms with van der Waals surface area (Å²) >= 11 is 5.55. The molecule has 1 N–H and O–H groups in total. The third kappa shape index (κ3) is 3.27. The van der Waals surface area contributed by atoms with Gasteiger partial charge in [-0.05, 0) is 30.5 Å². The molecule has 1 rings (SSSR count). The third-order valence-corrected chi connectivity index (χ3v) is 3.34. The summed E-state index contributed by atoms with van der Waals surface area (Å²) in [4.78, 5) is 11.9. The first-order valence-electron chi connectivity index (χ1n) is 5.62. The Morgan fingerprint density at radius 1 is 1.41 bits per heavy atom. The highest BCUT2D eigenvalue weighted by Gasteiger charge is 2.31. The molecule has 0 heterocycles. The Bertz CT molecular complexity index is 414. The SMILES string of the molecule is CCC(O)(CC)C(=O)Cc1ccc(Cl)c(F)c1. The van der Waals surface area contributed by atoms with E-state index in [1.807, 2.05) is 0 Å². The van der Waals surface area contributed by atoms with Gasteiger partial charge < -0.3 is 5.11 Å². The lowest BCUT2D eigenvalue weighted by molar-refractivity contribution is -0.137. The van der Waals surface area contributed by atoms with E-state index in [4.69, 9.17) is 11.6 Å². The molecular weight excluding hydrogens is 243 g/mol. The molecule has 0 aromatic heterocycles. The first-order valence-corrected chi connectivity index (χ1v) is 6.00. The van der Waals surface area contributed by atoms with Crippen LogP contribution in [-0.2, 0) is 11.2 Å². The van der Waals surface area contributed by atoms with Gasteiger partial charge >= 0.3 is 0 Å². The van der Waals surface area contributed by atoms with Gasteiger partial charge in [0.05, 0.1) is 5.02 Å². The van der Waals surface area contributed by atoms with Crippen LogP contribution in [0.4, 0.5) is 4.39 Å². The fourth-order valence-corrected chi connectivity index (χ4v) is 1.76. The van der Waals surface area contributed by atoms with E-state index in [-0.39, 0.29) is 17.2 Å². The minimum Gasteiger partial charge on any atom is -0.382 e. The molecule has 0 atom stereocenters. The normalized spacial score (nSPS) is 11.6. The Balaban J connectivity index is 2.84. The number of carbonyl (C=O) groups excluding carboxylic acids is 1. The zero-order valence-electron chi connectivity index (χ0n) is 9.96. The zero-order valence-corrected chi connectivity index (χ0v) is 10.7. The molecule has 0 aliphatic rings. The maximum Gasteiger partial charge on any atom is 0.168 e. The molecule has 0 aliphatic carbocycles. The van der Waals surface area contributed by atoms with E-state index >= 15 is 0 Å². The molecule has 2 nitrogen and oxygen atoms in total. The zero-order chi connectivity index (χ0) is 13.1. The second kappa shape index (κ2) is 5.61. The first-order chi connectivity index (χ1) is 7.92. The first kappa shape index (κ1) is 14.1. The van der Waals surface area contributed by atoms with Crippen LogP contribution >= 0.6 is 11.6 Å². The number of hydrogen-bond donors (Lipinski definition) is 1. The largest absolute Gasteiger partial charge is 0.382 e. The summed E-state index contributed by atoms with van der Waals surface area (Å²) in [6, 6.07) is 4.23. The van der Waals surface area contributed by atoms with Gasteiger partial charge in [-0.25, -0.2) is 4.39 Å². The van der Waals surface area contributed by atoms with Crippen molar-refractivity contribution in [2.75, 3.05) is 0 Å². The summed E-state index contributed by atoms with van der Waals surface area (Å²) in [5.41, 5.74) is -0.784. The summed E-state index contributed by atoms with van der Waals surface area (Å²) < 4.78 is 13.2. The monoisotopic (exact) mass is 258 g/mol. The molecule has 0 radical (unpaired) electrons. The van der Waals surface area contributed by atoms with Gasteiger partial charge in [0.25, 0.3) is 0 Å². The van der Waals surface area contributed by atoms with Crippen LogP contribution in [0.15, 0.2) is 18.2 Å².